The Morgan fingerprint density at radius 3 is 2.89 bits per heavy atom. The molecular formula is C21H17N5O. The van der Waals surface area contributed by atoms with Gasteiger partial charge in [0.25, 0.3) is 5.56 Å². The number of rotatable bonds is 2. The van der Waals surface area contributed by atoms with Gasteiger partial charge in [0.1, 0.15) is 6.33 Å². The van der Waals surface area contributed by atoms with Gasteiger partial charge in [-0.05, 0) is 42.7 Å². The molecule has 132 valence electrons. The summed E-state index contributed by atoms with van der Waals surface area (Å²) in [7, 11) is 0. The molecule has 0 unspecified atom stereocenters. The Bertz CT molecular complexity index is 1230. The summed E-state index contributed by atoms with van der Waals surface area (Å²) >= 11 is 0. The Balaban J connectivity index is 1.68. The largest absolute Gasteiger partial charge is 0.278 e. The second-order valence-electron chi connectivity index (χ2n) is 6.68. The number of aromatic nitrogens is 4. The average molecular weight is 355 g/mol. The summed E-state index contributed by atoms with van der Waals surface area (Å²) in [6.45, 7) is 2.73. The fraction of sp³-hybridized carbons (Fsp3) is 0.143. The van der Waals surface area contributed by atoms with Crippen molar-refractivity contribution in [2.75, 3.05) is 11.6 Å². The number of para-hydroxylation sites is 1. The summed E-state index contributed by atoms with van der Waals surface area (Å²) in [5.41, 5.74) is 5.26. The molecule has 1 aromatic carbocycles. The van der Waals surface area contributed by atoms with E-state index in [4.69, 9.17) is 0 Å². The zero-order valence-corrected chi connectivity index (χ0v) is 14.8. The third kappa shape index (κ3) is 2.49. The van der Waals surface area contributed by atoms with E-state index in [0.29, 0.717) is 11.2 Å². The number of aryl methyl sites for hydroxylation is 1. The van der Waals surface area contributed by atoms with Crippen LogP contribution in [0.25, 0.3) is 22.2 Å². The van der Waals surface area contributed by atoms with E-state index in [1.807, 2.05) is 42.4 Å². The number of hydrogen-bond donors (Lipinski definition) is 0. The molecule has 27 heavy (non-hydrogen) atoms. The van der Waals surface area contributed by atoms with Crippen LogP contribution in [0.3, 0.4) is 0 Å². The number of anilines is 1. The number of nitrogens with zero attached hydrogens (tertiary/aromatic N) is 5. The molecule has 1 aliphatic rings. The maximum Gasteiger partial charge on any atom is 0.277 e. The van der Waals surface area contributed by atoms with Crippen LogP contribution in [0.4, 0.5) is 5.69 Å². The zero-order valence-electron chi connectivity index (χ0n) is 14.8. The Kier molecular flexibility index (Phi) is 3.50. The number of hydrogen-bond acceptors (Lipinski definition) is 5. The van der Waals surface area contributed by atoms with E-state index >= 15 is 0 Å². The van der Waals surface area contributed by atoms with Crippen molar-refractivity contribution in [1.82, 2.24) is 19.6 Å². The molecule has 0 aliphatic carbocycles. The Morgan fingerprint density at radius 1 is 1.07 bits per heavy atom. The van der Waals surface area contributed by atoms with Gasteiger partial charge in [-0.3, -0.25) is 9.80 Å². The van der Waals surface area contributed by atoms with E-state index in [0.717, 1.165) is 35.2 Å². The van der Waals surface area contributed by atoms with E-state index in [1.54, 1.807) is 17.1 Å². The monoisotopic (exact) mass is 355 g/mol. The third-order valence-electron chi connectivity index (χ3n) is 5.05. The van der Waals surface area contributed by atoms with Gasteiger partial charge >= 0.3 is 0 Å². The predicted octanol–water partition coefficient (Wildman–Crippen LogP) is 2.99. The molecule has 0 bridgehead atoms. The molecule has 6 nitrogen and oxygen atoms in total. The van der Waals surface area contributed by atoms with E-state index < -0.39 is 0 Å². The SMILES string of the molecule is Cc1ccn(N2CCc3ccccc32)c(=O)c1-c1cnc2ncncc2c1. The molecule has 0 saturated heterocycles. The fourth-order valence-electron chi connectivity index (χ4n) is 3.72. The molecule has 0 fully saturated rings. The maximum atomic E-state index is 13.4. The van der Waals surface area contributed by atoms with Gasteiger partial charge in [0.15, 0.2) is 5.65 Å². The van der Waals surface area contributed by atoms with Gasteiger partial charge in [-0.1, -0.05) is 18.2 Å². The van der Waals surface area contributed by atoms with Crippen LogP contribution in [0.2, 0.25) is 0 Å². The molecule has 0 spiro atoms. The molecule has 0 amide bonds. The summed E-state index contributed by atoms with van der Waals surface area (Å²) < 4.78 is 1.71. The highest BCUT2D eigenvalue weighted by atomic mass is 16.1. The first kappa shape index (κ1) is 15.7. The molecule has 0 radical (unpaired) electrons. The van der Waals surface area contributed by atoms with Crippen LogP contribution in [0.1, 0.15) is 11.1 Å². The van der Waals surface area contributed by atoms with Crippen LogP contribution in [0.5, 0.6) is 0 Å². The number of pyridine rings is 2. The lowest BCUT2D eigenvalue weighted by molar-refractivity contribution is 0.692. The highest BCUT2D eigenvalue weighted by Gasteiger charge is 2.22. The van der Waals surface area contributed by atoms with Crippen LogP contribution in [0, 0.1) is 6.92 Å². The topological polar surface area (TPSA) is 63.9 Å². The van der Waals surface area contributed by atoms with Crippen LogP contribution in [-0.4, -0.2) is 26.2 Å². The quantitative estimate of drug-likeness (QED) is 0.553. The first-order valence-corrected chi connectivity index (χ1v) is 8.86. The highest BCUT2D eigenvalue weighted by molar-refractivity contribution is 5.80. The summed E-state index contributed by atoms with van der Waals surface area (Å²) in [6.07, 6.45) is 7.68. The van der Waals surface area contributed by atoms with Gasteiger partial charge < -0.3 is 0 Å². The first-order valence-electron chi connectivity index (χ1n) is 8.86. The standard InChI is InChI=1S/C21H17N5O/c1-14-6-8-26(25-9-7-15-4-2-3-5-18(15)25)21(27)19(14)16-10-17-11-22-13-24-20(17)23-12-16/h2-6,8,10-13H,7,9H2,1H3. The first-order chi connectivity index (χ1) is 13.2. The molecule has 4 aromatic rings. The van der Waals surface area contributed by atoms with Crippen molar-refractivity contribution < 1.29 is 0 Å². The van der Waals surface area contributed by atoms with E-state index in [1.165, 1.54) is 11.9 Å². The lowest BCUT2D eigenvalue weighted by Gasteiger charge is -2.23. The molecule has 0 atom stereocenters. The van der Waals surface area contributed by atoms with Gasteiger partial charge in [-0.25, -0.2) is 19.6 Å². The molecule has 3 aromatic heterocycles. The Morgan fingerprint density at radius 2 is 1.96 bits per heavy atom. The van der Waals surface area contributed by atoms with E-state index in [2.05, 4.69) is 27.1 Å². The summed E-state index contributed by atoms with van der Waals surface area (Å²) in [5, 5.41) is 2.86. The fourth-order valence-corrected chi connectivity index (χ4v) is 3.72. The Labute approximate surface area is 155 Å². The van der Waals surface area contributed by atoms with Crippen molar-refractivity contribution in [3.8, 4) is 11.1 Å². The van der Waals surface area contributed by atoms with Crippen molar-refractivity contribution in [3.05, 3.63) is 82.8 Å². The van der Waals surface area contributed by atoms with Gasteiger partial charge in [-0.15, -0.1) is 0 Å². The minimum Gasteiger partial charge on any atom is -0.278 e. The lowest BCUT2D eigenvalue weighted by Crippen LogP contribution is -2.37. The van der Waals surface area contributed by atoms with Crippen LogP contribution in [-0.2, 0) is 6.42 Å². The molecule has 0 saturated carbocycles. The van der Waals surface area contributed by atoms with Crippen molar-refractivity contribution in [2.45, 2.75) is 13.3 Å². The number of fused-ring (bicyclic) bond motifs is 2. The van der Waals surface area contributed by atoms with Crippen LogP contribution < -0.4 is 10.6 Å². The lowest BCUT2D eigenvalue weighted by atomic mass is 10.0. The smallest absolute Gasteiger partial charge is 0.277 e. The minimum absolute atomic E-state index is 0.0512. The molecule has 6 heteroatoms. The molecule has 4 heterocycles. The predicted molar refractivity (Wildman–Crippen MR) is 105 cm³/mol. The molecule has 5 rings (SSSR count). The average Bonchev–Trinajstić information content (AvgIpc) is 3.12. The summed E-state index contributed by atoms with van der Waals surface area (Å²) in [4.78, 5) is 26.0. The number of benzene rings is 1. The van der Waals surface area contributed by atoms with Gasteiger partial charge in [0.2, 0.25) is 0 Å². The van der Waals surface area contributed by atoms with Crippen molar-refractivity contribution in [1.29, 1.82) is 0 Å². The third-order valence-corrected chi connectivity index (χ3v) is 5.05. The van der Waals surface area contributed by atoms with Gasteiger partial charge in [0.05, 0.1) is 11.3 Å². The minimum atomic E-state index is -0.0512. The van der Waals surface area contributed by atoms with Crippen molar-refractivity contribution >= 4 is 16.7 Å². The second-order valence-corrected chi connectivity index (χ2v) is 6.68. The van der Waals surface area contributed by atoms with Crippen molar-refractivity contribution in [2.24, 2.45) is 0 Å². The zero-order chi connectivity index (χ0) is 18.4. The summed E-state index contributed by atoms with van der Waals surface area (Å²) in [5.74, 6) is 0. The Hall–Kier alpha value is -3.54. The van der Waals surface area contributed by atoms with Gasteiger partial charge in [-0.2, -0.15) is 0 Å². The van der Waals surface area contributed by atoms with E-state index in [-0.39, 0.29) is 5.56 Å². The highest BCUT2D eigenvalue weighted by Crippen LogP contribution is 2.28. The molecule has 0 N–H and O–H groups in total. The maximum absolute atomic E-state index is 13.4. The van der Waals surface area contributed by atoms with Crippen molar-refractivity contribution in [3.63, 3.8) is 0 Å². The van der Waals surface area contributed by atoms with E-state index in [9.17, 15) is 4.79 Å². The summed E-state index contributed by atoms with van der Waals surface area (Å²) in [6, 6.07) is 12.1. The molecule has 1 aliphatic heterocycles. The normalized spacial score (nSPS) is 13.1. The molecular weight excluding hydrogens is 338 g/mol. The van der Waals surface area contributed by atoms with Crippen LogP contribution in [0.15, 0.2) is 66.1 Å². The second kappa shape index (κ2) is 6.02. The van der Waals surface area contributed by atoms with Crippen LogP contribution >= 0.6 is 0 Å². The van der Waals surface area contributed by atoms with Gasteiger partial charge in [0, 0.05) is 36.1 Å².